The van der Waals surface area contributed by atoms with Crippen LogP contribution in [0.3, 0.4) is 0 Å². The maximum atomic E-state index is 12.1. The second kappa shape index (κ2) is 8.85. The molecule has 0 aliphatic heterocycles. The largest absolute Gasteiger partial charge is 0.483 e. The monoisotopic (exact) mass is 379 g/mol. The average Bonchev–Trinajstić information content (AvgIpc) is 3.10. The first-order valence-electron chi connectivity index (χ1n) is 8.91. The number of aromatic amines is 1. The summed E-state index contributed by atoms with van der Waals surface area (Å²) in [4.78, 5) is 25.7. The molecule has 0 aliphatic carbocycles. The second-order valence-corrected chi connectivity index (χ2v) is 6.29. The summed E-state index contributed by atoms with van der Waals surface area (Å²) in [5.74, 6) is 0.194. The molecule has 0 saturated carbocycles. The van der Waals surface area contributed by atoms with E-state index in [4.69, 9.17) is 4.74 Å². The summed E-state index contributed by atoms with van der Waals surface area (Å²) in [6, 6.07) is 12.3. The molecular formula is C21H21N3O4. The van der Waals surface area contributed by atoms with Gasteiger partial charge in [0.1, 0.15) is 5.75 Å². The van der Waals surface area contributed by atoms with Crippen LogP contribution in [0, 0.1) is 10.1 Å². The highest BCUT2D eigenvalue weighted by molar-refractivity contribution is 5.83. The van der Waals surface area contributed by atoms with Gasteiger partial charge in [-0.1, -0.05) is 24.3 Å². The molecule has 0 aliphatic rings. The summed E-state index contributed by atoms with van der Waals surface area (Å²) in [6.07, 6.45) is 4.70. The minimum absolute atomic E-state index is 0.0209. The molecule has 1 heterocycles. The first-order valence-corrected chi connectivity index (χ1v) is 8.91. The molecule has 1 aromatic heterocycles. The summed E-state index contributed by atoms with van der Waals surface area (Å²) >= 11 is 0. The zero-order chi connectivity index (χ0) is 19.9. The van der Waals surface area contributed by atoms with Gasteiger partial charge in [-0.15, -0.1) is 6.58 Å². The first kappa shape index (κ1) is 19.2. The standard InChI is InChI=1S/C21H21N3O4/c1-2-5-15-12-17(24(26)27)8-9-20(15)28-14-21(25)22-11-10-16-13-23-19-7-4-3-6-18(16)19/h2-4,6-9,12-13,23H,1,5,10-11,14H2,(H,22,25). The number of hydrogen-bond donors (Lipinski definition) is 2. The number of aromatic nitrogens is 1. The lowest BCUT2D eigenvalue weighted by Crippen LogP contribution is -2.30. The molecule has 3 rings (SSSR count). The van der Waals surface area contributed by atoms with E-state index in [1.807, 2.05) is 30.5 Å². The van der Waals surface area contributed by atoms with Crippen molar-refractivity contribution in [3.63, 3.8) is 0 Å². The van der Waals surface area contributed by atoms with E-state index in [-0.39, 0.29) is 18.2 Å². The van der Waals surface area contributed by atoms with Gasteiger partial charge in [-0.25, -0.2) is 0 Å². The van der Waals surface area contributed by atoms with Crippen molar-refractivity contribution in [2.24, 2.45) is 0 Å². The Bertz CT molecular complexity index is 1010. The number of nitrogens with zero attached hydrogens (tertiary/aromatic N) is 1. The molecule has 2 aromatic carbocycles. The molecule has 7 nitrogen and oxygen atoms in total. The van der Waals surface area contributed by atoms with Gasteiger partial charge in [0.15, 0.2) is 6.61 Å². The van der Waals surface area contributed by atoms with E-state index in [0.29, 0.717) is 30.7 Å². The zero-order valence-electron chi connectivity index (χ0n) is 15.3. The highest BCUT2D eigenvalue weighted by Crippen LogP contribution is 2.25. The number of benzene rings is 2. The summed E-state index contributed by atoms with van der Waals surface area (Å²) in [7, 11) is 0. The molecule has 2 N–H and O–H groups in total. The lowest BCUT2D eigenvalue weighted by Gasteiger charge is -2.11. The predicted octanol–water partition coefficient (Wildman–Crippen LogP) is 3.54. The van der Waals surface area contributed by atoms with Gasteiger partial charge in [0, 0.05) is 41.3 Å². The predicted molar refractivity (Wildman–Crippen MR) is 108 cm³/mol. The van der Waals surface area contributed by atoms with E-state index in [0.717, 1.165) is 16.5 Å². The number of allylic oxidation sites excluding steroid dienone is 1. The fraction of sp³-hybridized carbons (Fsp3) is 0.190. The number of para-hydroxylation sites is 1. The lowest BCUT2D eigenvalue weighted by atomic mass is 10.1. The molecule has 0 unspecified atom stereocenters. The molecule has 3 aromatic rings. The highest BCUT2D eigenvalue weighted by atomic mass is 16.6. The van der Waals surface area contributed by atoms with Gasteiger partial charge < -0.3 is 15.0 Å². The first-order chi connectivity index (χ1) is 13.6. The van der Waals surface area contributed by atoms with Crippen molar-refractivity contribution < 1.29 is 14.5 Å². The molecule has 0 bridgehead atoms. The fourth-order valence-corrected chi connectivity index (χ4v) is 3.00. The molecule has 28 heavy (non-hydrogen) atoms. The number of carbonyl (C=O) groups is 1. The Morgan fingerprint density at radius 3 is 2.86 bits per heavy atom. The molecule has 0 spiro atoms. The topological polar surface area (TPSA) is 97.3 Å². The molecule has 0 atom stereocenters. The van der Waals surface area contributed by atoms with Gasteiger partial charge >= 0.3 is 0 Å². The van der Waals surface area contributed by atoms with Gasteiger partial charge in [-0.05, 0) is 30.5 Å². The third-order valence-electron chi connectivity index (χ3n) is 4.37. The van der Waals surface area contributed by atoms with Crippen molar-refractivity contribution in [3.8, 4) is 5.75 Å². The van der Waals surface area contributed by atoms with Gasteiger partial charge in [-0.2, -0.15) is 0 Å². The van der Waals surface area contributed by atoms with Crippen molar-refractivity contribution in [2.45, 2.75) is 12.8 Å². The van der Waals surface area contributed by atoms with Crippen LogP contribution in [0.1, 0.15) is 11.1 Å². The number of nitro groups is 1. The third kappa shape index (κ3) is 4.56. The number of nitro benzene ring substituents is 1. The molecule has 144 valence electrons. The van der Waals surface area contributed by atoms with E-state index in [1.54, 1.807) is 6.08 Å². The Labute approximate surface area is 162 Å². The van der Waals surface area contributed by atoms with E-state index in [1.165, 1.54) is 18.2 Å². The van der Waals surface area contributed by atoms with Crippen LogP contribution in [0.5, 0.6) is 5.75 Å². The summed E-state index contributed by atoms with van der Waals surface area (Å²) in [6.45, 7) is 3.98. The van der Waals surface area contributed by atoms with Crippen molar-refractivity contribution in [1.29, 1.82) is 0 Å². The molecule has 1 amide bonds. The molecular weight excluding hydrogens is 358 g/mol. The number of H-pyrrole nitrogens is 1. The summed E-state index contributed by atoms with van der Waals surface area (Å²) < 4.78 is 5.56. The maximum absolute atomic E-state index is 12.1. The van der Waals surface area contributed by atoms with Crippen LogP contribution in [-0.4, -0.2) is 29.0 Å². The minimum atomic E-state index is -0.464. The van der Waals surface area contributed by atoms with Crippen LogP contribution in [0.2, 0.25) is 0 Å². The van der Waals surface area contributed by atoms with Crippen molar-refractivity contribution in [2.75, 3.05) is 13.2 Å². The number of ether oxygens (including phenoxy) is 1. The quantitative estimate of drug-likeness (QED) is 0.338. The molecule has 0 saturated heterocycles. The van der Waals surface area contributed by atoms with Crippen LogP contribution in [0.4, 0.5) is 5.69 Å². The van der Waals surface area contributed by atoms with Crippen LogP contribution < -0.4 is 10.1 Å². The van der Waals surface area contributed by atoms with Gasteiger partial charge in [0.05, 0.1) is 4.92 Å². The Morgan fingerprint density at radius 2 is 2.07 bits per heavy atom. The second-order valence-electron chi connectivity index (χ2n) is 6.29. The number of hydrogen-bond acceptors (Lipinski definition) is 4. The smallest absolute Gasteiger partial charge is 0.269 e. The Morgan fingerprint density at radius 1 is 1.25 bits per heavy atom. The van der Waals surface area contributed by atoms with Crippen LogP contribution in [-0.2, 0) is 17.6 Å². The fourth-order valence-electron chi connectivity index (χ4n) is 3.00. The number of rotatable bonds is 9. The number of non-ortho nitro benzene ring substituents is 1. The van der Waals surface area contributed by atoms with Gasteiger partial charge in [0.2, 0.25) is 0 Å². The number of nitrogens with one attached hydrogen (secondary N) is 2. The van der Waals surface area contributed by atoms with E-state index < -0.39 is 4.92 Å². The normalized spacial score (nSPS) is 10.6. The molecule has 0 radical (unpaired) electrons. The van der Waals surface area contributed by atoms with Crippen molar-refractivity contribution in [3.05, 3.63) is 82.6 Å². The van der Waals surface area contributed by atoms with Crippen molar-refractivity contribution >= 4 is 22.5 Å². The van der Waals surface area contributed by atoms with Crippen LogP contribution in [0.15, 0.2) is 61.3 Å². The Kier molecular flexibility index (Phi) is 6.06. The minimum Gasteiger partial charge on any atom is -0.483 e. The zero-order valence-corrected chi connectivity index (χ0v) is 15.3. The number of fused-ring (bicyclic) bond motifs is 1. The summed E-state index contributed by atoms with van der Waals surface area (Å²) in [5.41, 5.74) is 2.81. The van der Waals surface area contributed by atoms with Crippen molar-refractivity contribution in [1.82, 2.24) is 10.3 Å². The maximum Gasteiger partial charge on any atom is 0.269 e. The molecule has 0 fully saturated rings. The van der Waals surface area contributed by atoms with Gasteiger partial charge in [-0.3, -0.25) is 14.9 Å². The van der Waals surface area contributed by atoms with E-state index in [9.17, 15) is 14.9 Å². The number of carbonyl (C=O) groups excluding carboxylic acids is 1. The lowest BCUT2D eigenvalue weighted by molar-refractivity contribution is -0.384. The SMILES string of the molecule is C=CCc1cc([N+](=O)[O-])ccc1OCC(=O)NCCc1c[nH]c2ccccc12. The van der Waals surface area contributed by atoms with E-state index >= 15 is 0 Å². The van der Waals surface area contributed by atoms with Gasteiger partial charge in [0.25, 0.3) is 11.6 Å². The summed E-state index contributed by atoms with van der Waals surface area (Å²) in [5, 5.41) is 14.9. The van der Waals surface area contributed by atoms with E-state index in [2.05, 4.69) is 16.9 Å². The average molecular weight is 379 g/mol. The molecule has 7 heteroatoms. The van der Waals surface area contributed by atoms with Crippen LogP contribution >= 0.6 is 0 Å². The Balaban J connectivity index is 1.53. The third-order valence-corrected chi connectivity index (χ3v) is 4.37. The van der Waals surface area contributed by atoms with Crippen LogP contribution in [0.25, 0.3) is 10.9 Å². The number of amides is 1. The highest BCUT2D eigenvalue weighted by Gasteiger charge is 2.12. The Hall–Kier alpha value is -3.61.